The molecule has 0 N–H and O–H groups in total. The van der Waals surface area contributed by atoms with Crippen LogP contribution in [0.1, 0.15) is 22.3 Å². The summed E-state index contributed by atoms with van der Waals surface area (Å²) in [5, 5.41) is 4.38. The number of nitrogens with zero attached hydrogens (tertiary/aromatic N) is 1. The maximum atomic E-state index is 6.80. The Morgan fingerprint density at radius 3 is 1.64 bits per heavy atom. The summed E-state index contributed by atoms with van der Waals surface area (Å²) in [5.74, 6) is 0. The number of para-hydroxylation sites is 1. The van der Waals surface area contributed by atoms with E-state index in [1.54, 1.807) is 0 Å². The normalized spacial score (nSPS) is 12.7. The molecule has 0 unspecified atom stereocenters. The van der Waals surface area contributed by atoms with Crippen LogP contribution in [0.25, 0.3) is 66.1 Å². The van der Waals surface area contributed by atoms with Crippen molar-refractivity contribution in [3.63, 3.8) is 0 Å². The molecule has 2 nitrogen and oxygen atoms in total. The Morgan fingerprint density at radius 1 is 0.328 bits per heavy atom. The van der Waals surface area contributed by atoms with E-state index < -0.39 is 5.41 Å². The first-order chi connectivity index (χ1) is 30.3. The Hall–Kier alpha value is -7.94. The molecule has 0 saturated carbocycles. The van der Waals surface area contributed by atoms with Gasteiger partial charge in [-0.1, -0.05) is 188 Å². The van der Waals surface area contributed by atoms with Gasteiger partial charge in [-0.15, -0.1) is 0 Å². The zero-order valence-electron chi connectivity index (χ0n) is 33.4. The lowest BCUT2D eigenvalue weighted by molar-refractivity contribution is 0.672. The van der Waals surface area contributed by atoms with Crippen molar-refractivity contribution in [2.45, 2.75) is 5.41 Å². The summed E-state index contributed by atoms with van der Waals surface area (Å²) in [7, 11) is 0. The molecule has 1 aliphatic rings. The molecule has 1 aromatic heterocycles. The van der Waals surface area contributed by atoms with Crippen LogP contribution in [0, 0.1) is 0 Å². The van der Waals surface area contributed by atoms with Crippen LogP contribution in [0.4, 0.5) is 17.1 Å². The molecule has 0 saturated heterocycles. The molecule has 61 heavy (non-hydrogen) atoms. The number of fused-ring (bicyclic) bond motifs is 8. The zero-order chi connectivity index (χ0) is 40.3. The molecule has 286 valence electrons. The van der Waals surface area contributed by atoms with Crippen LogP contribution >= 0.6 is 0 Å². The first kappa shape index (κ1) is 35.0. The molecule has 0 fully saturated rings. The average Bonchev–Trinajstić information content (AvgIpc) is 3.86. The Balaban J connectivity index is 1.10. The van der Waals surface area contributed by atoms with E-state index in [9.17, 15) is 0 Å². The van der Waals surface area contributed by atoms with E-state index in [2.05, 4.69) is 241 Å². The van der Waals surface area contributed by atoms with Gasteiger partial charge in [0.05, 0.1) is 11.1 Å². The summed E-state index contributed by atoms with van der Waals surface area (Å²) in [5.41, 5.74) is 16.8. The minimum absolute atomic E-state index is 0.520. The lowest BCUT2D eigenvalue weighted by Gasteiger charge is -2.35. The largest absolute Gasteiger partial charge is 0.455 e. The highest BCUT2D eigenvalue weighted by Gasteiger charge is 2.46. The number of furan rings is 1. The fraction of sp³-hybridized carbons (Fsp3) is 0.0169. The molecule has 12 rings (SSSR count). The van der Waals surface area contributed by atoms with Gasteiger partial charge in [0.2, 0.25) is 0 Å². The van der Waals surface area contributed by atoms with Crippen LogP contribution in [0.5, 0.6) is 0 Å². The molecule has 0 bridgehead atoms. The van der Waals surface area contributed by atoms with E-state index in [4.69, 9.17) is 4.42 Å². The van der Waals surface area contributed by atoms with Gasteiger partial charge in [0, 0.05) is 32.9 Å². The van der Waals surface area contributed by atoms with Gasteiger partial charge in [-0.25, -0.2) is 0 Å². The number of rotatable bonds is 7. The van der Waals surface area contributed by atoms with Gasteiger partial charge >= 0.3 is 0 Å². The molecule has 2 heteroatoms. The second-order valence-electron chi connectivity index (χ2n) is 16.0. The molecular formula is C59H39NO. The predicted molar refractivity (Wildman–Crippen MR) is 254 cm³/mol. The summed E-state index contributed by atoms with van der Waals surface area (Å²) in [4.78, 5) is 2.44. The highest BCUT2D eigenvalue weighted by molar-refractivity contribution is 6.20. The topological polar surface area (TPSA) is 16.4 Å². The van der Waals surface area contributed by atoms with Crippen LogP contribution in [-0.2, 0) is 5.41 Å². The molecule has 0 aliphatic heterocycles. The summed E-state index contributed by atoms with van der Waals surface area (Å²) < 4.78 is 6.80. The Kier molecular flexibility index (Phi) is 8.11. The molecule has 0 amide bonds. The number of benzene rings is 10. The number of anilines is 3. The van der Waals surface area contributed by atoms with Crippen LogP contribution < -0.4 is 4.90 Å². The number of hydrogen-bond donors (Lipinski definition) is 0. The van der Waals surface area contributed by atoms with Crippen molar-refractivity contribution in [2.75, 3.05) is 4.90 Å². The fourth-order valence-corrected chi connectivity index (χ4v) is 10.0. The van der Waals surface area contributed by atoms with Gasteiger partial charge in [0.25, 0.3) is 0 Å². The molecular weight excluding hydrogens is 739 g/mol. The van der Waals surface area contributed by atoms with Crippen molar-refractivity contribution in [3.8, 4) is 33.4 Å². The molecule has 11 aromatic rings. The Bertz CT molecular complexity index is 3370. The SMILES string of the molecule is c1ccc(-c2cccc(-c3ccc4oc5c6ccccc6c(N(c6ccccc6)c6ccc7c(c6)C(c6ccccc6)(c6ccccc6)c6ccccc6-7)cc5c4c3)c2)cc1. The lowest BCUT2D eigenvalue weighted by Crippen LogP contribution is -2.28. The van der Waals surface area contributed by atoms with Gasteiger partial charge < -0.3 is 9.32 Å². The molecule has 1 heterocycles. The highest BCUT2D eigenvalue weighted by atomic mass is 16.3. The third-order valence-electron chi connectivity index (χ3n) is 12.7. The van der Waals surface area contributed by atoms with Crippen molar-refractivity contribution < 1.29 is 4.42 Å². The summed E-state index contributed by atoms with van der Waals surface area (Å²) >= 11 is 0. The van der Waals surface area contributed by atoms with Gasteiger partial charge in [0.1, 0.15) is 11.2 Å². The van der Waals surface area contributed by atoms with E-state index in [0.717, 1.165) is 55.3 Å². The monoisotopic (exact) mass is 777 g/mol. The first-order valence-electron chi connectivity index (χ1n) is 21.0. The molecule has 0 spiro atoms. The zero-order valence-corrected chi connectivity index (χ0v) is 33.4. The standard InChI is InChI=1S/C59H39NO/c1-5-18-40(19-6-1)41-20-17-21-42(36-41)43-32-35-57-52(37-43)53-39-56(50-29-13-14-30-51(50)58(53)61-57)60(46-26-11-4-12-27-46)47-33-34-49-48-28-15-16-31-54(48)59(55(49)38-47,44-22-7-2-8-23-44)45-24-9-3-10-25-45/h1-39H. The second kappa shape index (κ2) is 14.1. The van der Waals surface area contributed by atoms with E-state index in [0.29, 0.717) is 0 Å². The quantitative estimate of drug-likeness (QED) is 0.160. The minimum atomic E-state index is -0.520. The Morgan fingerprint density at radius 2 is 0.902 bits per heavy atom. The molecule has 1 aliphatic carbocycles. The van der Waals surface area contributed by atoms with Crippen LogP contribution in [-0.4, -0.2) is 0 Å². The minimum Gasteiger partial charge on any atom is -0.455 e. The highest BCUT2D eigenvalue weighted by Crippen LogP contribution is 2.57. The van der Waals surface area contributed by atoms with Crippen LogP contribution in [0.3, 0.4) is 0 Å². The molecule has 0 radical (unpaired) electrons. The molecule has 0 atom stereocenters. The van der Waals surface area contributed by atoms with E-state index in [-0.39, 0.29) is 0 Å². The van der Waals surface area contributed by atoms with E-state index >= 15 is 0 Å². The van der Waals surface area contributed by atoms with Crippen molar-refractivity contribution in [1.82, 2.24) is 0 Å². The smallest absolute Gasteiger partial charge is 0.143 e. The Labute approximate surface area is 355 Å². The van der Waals surface area contributed by atoms with Crippen LogP contribution in [0.15, 0.2) is 241 Å². The predicted octanol–water partition coefficient (Wildman–Crippen LogP) is 15.9. The summed E-state index contributed by atoms with van der Waals surface area (Å²) in [6.07, 6.45) is 0. The molecule has 10 aromatic carbocycles. The van der Waals surface area contributed by atoms with Crippen molar-refractivity contribution >= 4 is 49.8 Å². The second-order valence-corrected chi connectivity index (χ2v) is 16.0. The van der Waals surface area contributed by atoms with Crippen LogP contribution in [0.2, 0.25) is 0 Å². The van der Waals surface area contributed by atoms with Crippen molar-refractivity contribution in [2.24, 2.45) is 0 Å². The van der Waals surface area contributed by atoms with Gasteiger partial charge in [-0.3, -0.25) is 0 Å². The van der Waals surface area contributed by atoms with Crippen molar-refractivity contribution in [3.05, 3.63) is 259 Å². The van der Waals surface area contributed by atoms with E-state index in [1.165, 1.54) is 50.1 Å². The maximum Gasteiger partial charge on any atom is 0.143 e. The third-order valence-corrected chi connectivity index (χ3v) is 12.7. The fourth-order valence-electron chi connectivity index (χ4n) is 10.0. The van der Waals surface area contributed by atoms with Gasteiger partial charge in [-0.05, 0) is 104 Å². The first-order valence-corrected chi connectivity index (χ1v) is 21.0. The number of hydrogen-bond acceptors (Lipinski definition) is 2. The van der Waals surface area contributed by atoms with E-state index in [1.807, 2.05) is 0 Å². The maximum absolute atomic E-state index is 6.80. The van der Waals surface area contributed by atoms with Crippen molar-refractivity contribution in [1.29, 1.82) is 0 Å². The lowest BCUT2D eigenvalue weighted by atomic mass is 9.67. The average molecular weight is 778 g/mol. The summed E-state index contributed by atoms with van der Waals surface area (Å²) in [6.45, 7) is 0. The van der Waals surface area contributed by atoms with Gasteiger partial charge in [0.15, 0.2) is 0 Å². The third kappa shape index (κ3) is 5.50. The summed E-state index contributed by atoms with van der Waals surface area (Å²) in [6, 6.07) is 86.0. The van der Waals surface area contributed by atoms with Gasteiger partial charge in [-0.2, -0.15) is 0 Å².